The van der Waals surface area contributed by atoms with Crippen LogP contribution in [0.15, 0.2) is 16.3 Å². The van der Waals surface area contributed by atoms with Gasteiger partial charge < -0.3 is 10.6 Å². The molecule has 0 spiro atoms. The summed E-state index contributed by atoms with van der Waals surface area (Å²) in [7, 11) is -1.90. The Kier molecular flexibility index (Phi) is 5.50. The first kappa shape index (κ1) is 18.4. The molecule has 1 fully saturated rings. The third-order valence-electron chi connectivity index (χ3n) is 4.07. The number of carbonyl (C=O) groups excluding carboxylic acids is 1. The number of rotatable bonds is 6. The number of carbonyl (C=O) groups is 1. The highest BCUT2D eigenvalue weighted by Gasteiger charge is 2.33. The summed E-state index contributed by atoms with van der Waals surface area (Å²) < 4.78 is 26.9. The molecule has 0 bridgehead atoms. The van der Waals surface area contributed by atoms with Gasteiger partial charge in [-0.25, -0.2) is 8.42 Å². The maximum Gasteiger partial charge on any atom is 0.265 e. The van der Waals surface area contributed by atoms with Gasteiger partial charge >= 0.3 is 0 Å². The van der Waals surface area contributed by atoms with Gasteiger partial charge in [-0.15, -0.1) is 11.3 Å². The van der Waals surface area contributed by atoms with Crippen molar-refractivity contribution in [3.8, 4) is 0 Å². The van der Waals surface area contributed by atoms with E-state index in [0.717, 1.165) is 12.8 Å². The fourth-order valence-electron chi connectivity index (χ4n) is 2.68. The normalized spacial score (nSPS) is 16.7. The second-order valence-corrected chi connectivity index (χ2v) is 9.58. The second kappa shape index (κ2) is 6.88. The van der Waals surface area contributed by atoms with Gasteiger partial charge in [0.05, 0.1) is 0 Å². The topological polar surface area (TPSA) is 83.7 Å². The van der Waals surface area contributed by atoms with E-state index in [0.29, 0.717) is 26.2 Å². The molecule has 2 heterocycles. The molecule has 1 aromatic heterocycles. The van der Waals surface area contributed by atoms with E-state index >= 15 is 0 Å². The average molecular weight is 360 g/mol. The van der Waals surface area contributed by atoms with Gasteiger partial charge in [0, 0.05) is 26.7 Å². The maximum atomic E-state index is 12.7. The summed E-state index contributed by atoms with van der Waals surface area (Å²) in [5, 5.41) is 1.66. The van der Waals surface area contributed by atoms with E-state index in [1.807, 2.05) is 13.8 Å². The van der Waals surface area contributed by atoms with Gasteiger partial charge in [-0.2, -0.15) is 4.31 Å². The largest absolute Gasteiger partial charge is 0.340 e. The molecule has 2 rings (SSSR count). The predicted molar refractivity (Wildman–Crippen MR) is 92.1 cm³/mol. The molecule has 6 nitrogen and oxygen atoms in total. The van der Waals surface area contributed by atoms with Crippen LogP contribution in [0.3, 0.4) is 0 Å². The summed E-state index contributed by atoms with van der Waals surface area (Å²) in [6.07, 6.45) is 1.74. The molecule has 8 heteroatoms. The second-order valence-electron chi connectivity index (χ2n) is 6.75. The number of hydrogen-bond acceptors (Lipinski definition) is 5. The fraction of sp³-hybridized carbons (Fsp3) is 0.667. The minimum atomic E-state index is -3.58. The lowest BCUT2D eigenvalue weighted by Gasteiger charge is -2.29. The third kappa shape index (κ3) is 3.93. The van der Waals surface area contributed by atoms with E-state index in [4.69, 9.17) is 5.73 Å². The molecule has 130 valence electrons. The molecule has 1 aromatic rings. The molecule has 1 amide bonds. The van der Waals surface area contributed by atoms with Crippen molar-refractivity contribution in [3.05, 3.63) is 16.3 Å². The lowest BCUT2D eigenvalue weighted by atomic mass is 9.93. The van der Waals surface area contributed by atoms with Crippen LogP contribution >= 0.6 is 11.3 Å². The Bertz CT molecular complexity index is 661. The predicted octanol–water partition coefficient (Wildman–Crippen LogP) is 1.59. The van der Waals surface area contributed by atoms with Gasteiger partial charge in [-0.1, -0.05) is 13.8 Å². The standard InChI is InChI=1S/C15H25N3O3S2/c1-15(2,10-16)11-17(3)14(19)13-12(6-9-22-13)23(20,21)18-7-4-5-8-18/h6,9H,4-5,7-8,10-11,16H2,1-3H3. The molecular weight excluding hydrogens is 334 g/mol. The first-order valence-corrected chi connectivity index (χ1v) is 10.0. The maximum absolute atomic E-state index is 12.7. The van der Waals surface area contributed by atoms with Crippen molar-refractivity contribution in [1.82, 2.24) is 9.21 Å². The Morgan fingerprint density at radius 2 is 2.00 bits per heavy atom. The van der Waals surface area contributed by atoms with E-state index in [1.54, 1.807) is 17.3 Å². The number of nitrogens with two attached hydrogens (primary N) is 1. The van der Waals surface area contributed by atoms with Gasteiger partial charge in [0.2, 0.25) is 10.0 Å². The van der Waals surface area contributed by atoms with E-state index in [1.165, 1.54) is 21.7 Å². The molecule has 0 saturated carbocycles. The molecule has 2 N–H and O–H groups in total. The number of hydrogen-bond donors (Lipinski definition) is 1. The molecule has 0 radical (unpaired) electrons. The van der Waals surface area contributed by atoms with Crippen LogP contribution in [0.1, 0.15) is 36.4 Å². The van der Waals surface area contributed by atoms with Crippen molar-refractivity contribution < 1.29 is 13.2 Å². The zero-order valence-corrected chi connectivity index (χ0v) is 15.5. The highest BCUT2D eigenvalue weighted by atomic mass is 32.2. The molecule has 0 aliphatic carbocycles. The number of amides is 1. The summed E-state index contributed by atoms with van der Waals surface area (Å²) in [4.78, 5) is 14.7. The Morgan fingerprint density at radius 1 is 1.39 bits per heavy atom. The van der Waals surface area contributed by atoms with Crippen LogP contribution in [0.5, 0.6) is 0 Å². The molecule has 0 unspecified atom stereocenters. The average Bonchev–Trinajstić information content (AvgIpc) is 3.17. The zero-order chi connectivity index (χ0) is 17.3. The van der Waals surface area contributed by atoms with Crippen LogP contribution in [0.4, 0.5) is 0 Å². The first-order chi connectivity index (χ1) is 10.7. The van der Waals surface area contributed by atoms with Gasteiger partial charge in [0.1, 0.15) is 9.77 Å². The summed E-state index contributed by atoms with van der Waals surface area (Å²) >= 11 is 1.18. The van der Waals surface area contributed by atoms with Crippen molar-refractivity contribution in [2.75, 3.05) is 33.2 Å². The highest BCUT2D eigenvalue weighted by molar-refractivity contribution is 7.89. The molecular formula is C15H25N3O3S2. The minimum absolute atomic E-state index is 0.131. The smallest absolute Gasteiger partial charge is 0.265 e. The molecule has 0 aromatic carbocycles. The lowest BCUT2D eigenvalue weighted by Crippen LogP contribution is -2.40. The van der Waals surface area contributed by atoms with Crippen LogP contribution in [0.25, 0.3) is 0 Å². The molecule has 0 atom stereocenters. The Labute approximate surface area is 142 Å². The van der Waals surface area contributed by atoms with Crippen LogP contribution < -0.4 is 5.73 Å². The molecule has 1 saturated heterocycles. The third-order valence-corrected chi connectivity index (χ3v) is 7.04. The Morgan fingerprint density at radius 3 is 2.57 bits per heavy atom. The number of sulfonamides is 1. The van der Waals surface area contributed by atoms with Crippen molar-refractivity contribution in [1.29, 1.82) is 0 Å². The molecule has 1 aliphatic rings. The highest BCUT2D eigenvalue weighted by Crippen LogP contribution is 2.29. The van der Waals surface area contributed by atoms with Crippen molar-refractivity contribution in [3.63, 3.8) is 0 Å². The van der Waals surface area contributed by atoms with Crippen molar-refractivity contribution in [2.45, 2.75) is 31.6 Å². The lowest BCUT2D eigenvalue weighted by molar-refractivity contribution is 0.0742. The summed E-state index contributed by atoms with van der Waals surface area (Å²) in [5.74, 6) is -0.265. The van der Waals surface area contributed by atoms with Crippen LogP contribution in [0, 0.1) is 5.41 Å². The van der Waals surface area contributed by atoms with E-state index in [2.05, 4.69) is 0 Å². The van der Waals surface area contributed by atoms with E-state index in [-0.39, 0.29) is 21.1 Å². The summed E-state index contributed by atoms with van der Waals surface area (Å²) in [5.41, 5.74) is 5.50. The molecule has 1 aliphatic heterocycles. The quantitative estimate of drug-likeness (QED) is 0.836. The van der Waals surface area contributed by atoms with E-state index < -0.39 is 10.0 Å². The van der Waals surface area contributed by atoms with Crippen LogP contribution in [-0.2, 0) is 10.0 Å². The van der Waals surface area contributed by atoms with Gasteiger partial charge in [0.25, 0.3) is 5.91 Å². The number of thiophene rings is 1. The van der Waals surface area contributed by atoms with Gasteiger partial charge in [-0.3, -0.25) is 4.79 Å². The van der Waals surface area contributed by atoms with Gasteiger partial charge in [-0.05, 0) is 36.2 Å². The van der Waals surface area contributed by atoms with Crippen molar-refractivity contribution >= 4 is 27.3 Å². The first-order valence-electron chi connectivity index (χ1n) is 7.72. The van der Waals surface area contributed by atoms with Crippen molar-refractivity contribution in [2.24, 2.45) is 11.1 Å². The minimum Gasteiger partial charge on any atom is -0.340 e. The van der Waals surface area contributed by atoms with Crippen LogP contribution in [-0.4, -0.2) is 56.8 Å². The Balaban J connectivity index is 2.25. The van der Waals surface area contributed by atoms with E-state index in [9.17, 15) is 13.2 Å². The molecule has 23 heavy (non-hydrogen) atoms. The fourth-order valence-corrected chi connectivity index (χ4v) is 5.58. The SMILES string of the molecule is CN(CC(C)(C)CN)C(=O)c1sccc1S(=O)(=O)N1CCCC1. The van der Waals surface area contributed by atoms with Crippen LogP contribution in [0.2, 0.25) is 0 Å². The monoisotopic (exact) mass is 359 g/mol. The zero-order valence-electron chi connectivity index (χ0n) is 13.9. The van der Waals surface area contributed by atoms with Gasteiger partial charge in [0.15, 0.2) is 0 Å². The summed E-state index contributed by atoms with van der Waals surface area (Å²) in [6.45, 7) is 5.95. The number of nitrogens with zero attached hydrogens (tertiary/aromatic N) is 2. The summed E-state index contributed by atoms with van der Waals surface area (Å²) in [6, 6.07) is 1.54. The Hall–Kier alpha value is -0.960.